The van der Waals surface area contributed by atoms with Crippen LogP contribution in [0.4, 0.5) is 0 Å². The SMILES string of the molecule is CSc1nc(C(C)(C)O)c(C(=O)O)n1Cc1ccc(-c2ccccc2-c2nn[nH]n2)cc1. The van der Waals surface area contributed by atoms with E-state index in [9.17, 15) is 15.0 Å². The quantitative estimate of drug-likeness (QED) is 0.365. The van der Waals surface area contributed by atoms with Gasteiger partial charge in [-0.15, -0.1) is 10.2 Å². The van der Waals surface area contributed by atoms with Gasteiger partial charge in [-0.2, -0.15) is 5.21 Å². The summed E-state index contributed by atoms with van der Waals surface area (Å²) in [6.07, 6.45) is 1.83. The van der Waals surface area contributed by atoms with Crippen molar-refractivity contribution in [1.82, 2.24) is 30.2 Å². The van der Waals surface area contributed by atoms with Gasteiger partial charge < -0.3 is 14.8 Å². The van der Waals surface area contributed by atoms with Crippen LogP contribution in [-0.2, 0) is 12.1 Å². The summed E-state index contributed by atoms with van der Waals surface area (Å²) in [5, 5.41) is 35.0. The Balaban J connectivity index is 1.70. The molecule has 3 N–H and O–H groups in total. The normalized spacial score (nSPS) is 11.6. The lowest BCUT2D eigenvalue weighted by atomic mass is 9.98. The summed E-state index contributed by atoms with van der Waals surface area (Å²) >= 11 is 1.34. The van der Waals surface area contributed by atoms with Crippen LogP contribution >= 0.6 is 11.8 Å². The number of rotatable bonds is 7. The highest BCUT2D eigenvalue weighted by molar-refractivity contribution is 7.98. The summed E-state index contributed by atoms with van der Waals surface area (Å²) in [5.74, 6) is -0.612. The summed E-state index contributed by atoms with van der Waals surface area (Å²) in [7, 11) is 0. The van der Waals surface area contributed by atoms with Crippen molar-refractivity contribution in [3.8, 4) is 22.5 Å². The largest absolute Gasteiger partial charge is 0.477 e. The van der Waals surface area contributed by atoms with Crippen LogP contribution in [0.5, 0.6) is 0 Å². The highest BCUT2D eigenvalue weighted by Crippen LogP contribution is 2.31. The van der Waals surface area contributed by atoms with Gasteiger partial charge in [-0.1, -0.05) is 60.3 Å². The van der Waals surface area contributed by atoms with E-state index >= 15 is 0 Å². The third-order valence-corrected chi connectivity index (χ3v) is 5.69. The molecular formula is C22H22N6O3S. The Morgan fingerprint density at radius 2 is 1.81 bits per heavy atom. The van der Waals surface area contributed by atoms with Crippen molar-refractivity contribution in [1.29, 1.82) is 0 Å². The molecule has 4 rings (SSSR count). The Bertz CT molecular complexity index is 1240. The van der Waals surface area contributed by atoms with Gasteiger partial charge in [0.1, 0.15) is 11.3 Å². The fourth-order valence-electron chi connectivity index (χ4n) is 3.56. The van der Waals surface area contributed by atoms with Crippen LogP contribution in [0.2, 0.25) is 0 Å². The molecule has 0 radical (unpaired) electrons. The molecule has 0 spiro atoms. The van der Waals surface area contributed by atoms with Crippen LogP contribution in [0.3, 0.4) is 0 Å². The molecule has 0 atom stereocenters. The number of carboxylic acids is 1. The van der Waals surface area contributed by atoms with Gasteiger partial charge in [0, 0.05) is 5.56 Å². The van der Waals surface area contributed by atoms with E-state index in [0.29, 0.717) is 17.5 Å². The number of imidazole rings is 1. The number of aliphatic hydroxyl groups is 1. The average Bonchev–Trinajstić information content (AvgIpc) is 3.42. The highest BCUT2D eigenvalue weighted by Gasteiger charge is 2.31. The van der Waals surface area contributed by atoms with Gasteiger partial charge in [0.2, 0.25) is 5.82 Å². The second kappa shape index (κ2) is 8.56. The molecule has 2 aromatic heterocycles. The maximum Gasteiger partial charge on any atom is 0.354 e. The number of aromatic carboxylic acids is 1. The van der Waals surface area contributed by atoms with E-state index in [-0.39, 0.29) is 11.4 Å². The van der Waals surface area contributed by atoms with Gasteiger partial charge in [-0.25, -0.2) is 9.78 Å². The lowest BCUT2D eigenvalue weighted by Gasteiger charge is -2.16. The first-order valence-corrected chi connectivity index (χ1v) is 11.0. The van der Waals surface area contributed by atoms with Crippen LogP contribution in [0.15, 0.2) is 53.7 Å². The molecular weight excluding hydrogens is 428 g/mol. The molecule has 0 fully saturated rings. The Hall–Kier alpha value is -3.50. The monoisotopic (exact) mass is 450 g/mol. The fourth-order valence-corrected chi connectivity index (χ4v) is 4.12. The van der Waals surface area contributed by atoms with Crippen LogP contribution in [0, 0.1) is 0 Å². The first-order chi connectivity index (χ1) is 15.3. The second-order valence-electron chi connectivity index (χ2n) is 7.72. The first kappa shape index (κ1) is 21.7. The lowest BCUT2D eigenvalue weighted by molar-refractivity contribution is 0.0602. The maximum atomic E-state index is 12.0. The number of carboxylic acid groups (broad SMARTS) is 1. The molecule has 164 valence electrons. The topological polar surface area (TPSA) is 130 Å². The number of tetrazole rings is 1. The number of thioether (sulfide) groups is 1. The Labute approximate surface area is 188 Å². The van der Waals surface area contributed by atoms with Gasteiger partial charge >= 0.3 is 5.97 Å². The molecule has 0 saturated heterocycles. The fraction of sp³-hybridized carbons (Fsp3) is 0.227. The van der Waals surface area contributed by atoms with Crippen molar-refractivity contribution in [3.05, 3.63) is 65.5 Å². The van der Waals surface area contributed by atoms with Crippen LogP contribution in [0.25, 0.3) is 22.5 Å². The zero-order valence-corrected chi connectivity index (χ0v) is 18.6. The highest BCUT2D eigenvalue weighted by atomic mass is 32.2. The average molecular weight is 451 g/mol. The van der Waals surface area contributed by atoms with E-state index in [0.717, 1.165) is 22.3 Å². The molecule has 2 aromatic carbocycles. The van der Waals surface area contributed by atoms with Crippen LogP contribution < -0.4 is 0 Å². The van der Waals surface area contributed by atoms with E-state index in [1.165, 1.54) is 25.6 Å². The second-order valence-corrected chi connectivity index (χ2v) is 8.50. The first-order valence-electron chi connectivity index (χ1n) is 9.82. The van der Waals surface area contributed by atoms with Crippen molar-refractivity contribution < 1.29 is 15.0 Å². The third kappa shape index (κ3) is 4.14. The summed E-state index contributed by atoms with van der Waals surface area (Å²) in [6, 6.07) is 15.6. The molecule has 4 aromatic rings. The van der Waals surface area contributed by atoms with E-state index in [2.05, 4.69) is 25.6 Å². The lowest BCUT2D eigenvalue weighted by Crippen LogP contribution is -2.22. The summed E-state index contributed by atoms with van der Waals surface area (Å²) < 4.78 is 1.63. The smallest absolute Gasteiger partial charge is 0.354 e. The van der Waals surface area contributed by atoms with Crippen molar-refractivity contribution in [2.75, 3.05) is 6.26 Å². The molecule has 0 unspecified atom stereocenters. The molecule has 32 heavy (non-hydrogen) atoms. The van der Waals surface area contributed by atoms with Crippen molar-refractivity contribution in [2.24, 2.45) is 0 Å². The Morgan fingerprint density at radius 1 is 1.12 bits per heavy atom. The van der Waals surface area contributed by atoms with Crippen LogP contribution in [-0.4, -0.2) is 52.6 Å². The Kier molecular flexibility index (Phi) is 5.81. The number of hydrogen-bond acceptors (Lipinski definition) is 7. The van der Waals surface area contributed by atoms with E-state index < -0.39 is 11.6 Å². The van der Waals surface area contributed by atoms with Crippen molar-refractivity contribution in [2.45, 2.75) is 31.1 Å². The minimum absolute atomic E-state index is 0.00613. The summed E-state index contributed by atoms with van der Waals surface area (Å²) in [4.78, 5) is 16.4. The zero-order chi connectivity index (χ0) is 22.9. The molecule has 0 aliphatic carbocycles. The van der Waals surface area contributed by atoms with Gasteiger partial charge in [0.15, 0.2) is 10.9 Å². The molecule has 0 aliphatic heterocycles. The molecule has 2 heterocycles. The number of nitrogens with one attached hydrogen (secondary N) is 1. The van der Waals surface area contributed by atoms with Crippen LogP contribution in [0.1, 0.15) is 35.6 Å². The van der Waals surface area contributed by atoms with Gasteiger partial charge in [-0.05, 0) is 42.0 Å². The number of aromatic amines is 1. The molecule has 9 nitrogen and oxygen atoms in total. The van der Waals surface area contributed by atoms with E-state index in [4.69, 9.17) is 0 Å². The predicted molar refractivity (Wildman–Crippen MR) is 120 cm³/mol. The van der Waals surface area contributed by atoms with Gasteiger partial charge in [0.05, 0.1) is 6.54 Å². The third-order valence-electron chi connectivity index (χ3n) is 5.02. The van der Waals surface area contributed by atoms with Gasteiger partial charge in [-0.3, -0.25) is 0 Å². The number of carbonyl (C=O) groups is 1. The van der Waals surface area contributed by atoms with E-state index in [1.54, 1.807) is 4.57 Å². The predicted octanol–water partition coefficient (Wildman–Crippen LogP) is 3.43. The minimum atomic E-state index is -1.37. The summed E-state index contributed by atoms with van der Waals surface area (Å²) in [5.41, 5.74) is 2.48. The number of nitrogens with zero attached hydrogens (tertiary/aromatic N) is 5. The standard InChI is InChI=1S/C22H22N6O3S/c1-22(2,31)18-17(20(29)30)28(21(23-18)32-3)12-13-8-10-14(11-9-13)15-6-4-5-7-16(15)19-24-26-27-25-19/h4-11,31H,12H2,1-3H3,(H,29,30)(H,24,25,26,27). The Morgan fingerprint density at radius 3 is 2.38 bits per heavy atom. The molecule has 10 heteroatoms. The summed E-state index contributed by atoms with van der Waals surface area (Å²) in [6.45, 7) is 3.38. The van der Waals surface area contributed by atoms with E-state index in [1.807, 2.05) is 54.8 Å². The molecule has 0 amide bonds. The number of hydrogen-bond donors (Lipinski definition) is 3. The number of H-pyrrole nitrogens is 1. The van der Waals surface area contributed by atoms with Crippen molar-refractivity contribution >= 4 is 17.7 Å². The van der Waals surface area contributed by atoms with Gasteiger partial charge in [0.25, 0.3) is 0 Å². The molecule has 0 saturated carbocycles. The maximum absolute atomic E-state index is 12.0. The molecule has 0 aliphatic rings. The minimum Gasteiger partial charge on any atom is -0.477 e. The van der Waals surface area contributed by atoms with Crippen molar-refractivity contribution in [3.63, 3.8) is 0 Å². The number of benzene rings is 2. The molecule has 0 bridgehead atoms. The number of aromatic nitrogens is 6. The zero-order valence-electron chi connectivity index (χ0n) is 17.8.